The number of carbonyl (C=O) groups excluding carboxylic acids is 2. The second kappa shape index (κ2) is 10.0. The molecule has 1 fully saturated rings. The molecule has 0 aliphatic carbocycles. The number of amides is 1. The summed E-state index contributed by atoms with van der Waals surface area (Å²) < 4.78 is 31.0. The molecule has 10 heteroatoms. The van der Waals surface area contributed by atoms with Crippen molar-refractivity contribution >= 4 is 27.6 Å². The molecular weight excluding hydrogens is 398 g/mol. The van der Waals surface area contributed by atoms with Gasteiger partial charge in [0.15, 0.2) is 6.61 Å². The summed E-state index contributed by atoms with van der Waals surface area (Å²) in [6.45, 7) is 3.01. The summed E-state index contributed by atoms with van der Waals surface area (Å²) in [5.74, 6) is -0.504. The third kappa shape index (κ3) is 5.91. The number of nitrogens with zero attached hydrogens (tertiary/aromatic N) is 2. The van der Waals surface area contributed by atoms with Crippen LogP contribution in [0.2, 0.25) is 0 Å². The number of rotatable bonds is 8. The molecule has 1 amide bonds. The van der Waals surface area contributed by atoms with Crippen LogP contribution in [0, 0.1) is 5.92 Å². The normalized spacial score (nSPS) is 15.4. The predicted molar refractivity (Wildman–Crippen MR) is 108 cm³/mol. The molecule has 1 saturated heterocycles. The summed E-state index contributed by atoms with van der Waals surface area (Å²) in [6.07, 6.45) is 1.83. The van der Waals surface area contributed by atoms with Gasteiger partial charge in [0.25, 0.3) is 5.91 Å². The highest BCUT2D eigenvalue weighted by atomic mass is 32.2. The minimum atomic E-state index is -3.75. The molecule has 0 bridgehead atoms. The zero-order chi connectivity index (χ0) is 21.6. The van der Waals surface area contributed by atoms with Crippen molar-refractivity contribution < 1.29 is 27.9 Å². The lowest BCUT2D eigenvalue weighted by Gasteiger charge is -2.30. The summed E-state index contributed by atoms with van der Waals surface area (Å²) in [4.78, 5) is 26.5. The second-order valence-corrected chi connectivity index (χ2v) is 9.44. The van der Waals surface area contributed by atoms with E-state index >= 15 is 0 Å². The number of aliphatic hydroxyl groups is 1. The first-order valence-corrected chi connectivity index (χ1v) is 11.0. The Kier molecular flexibility index (Phi) is 8.00. The molecule has 9 nitrogen and oxygen atoms in total. The van der Waals surface area contributed by atoms with Crippen LogP contribution in [0.15, 0.2) is 23.1 Å². The molecule has 162 valence electrons. The molecule has 29 heavy (non-hydrogen) atoms. The quantitative estimate of drug-likeness (QED) is 0.588. The van der Waals surface area contributed by atoms with E-state index in [9.17, 15) is 18.0 Å². The zero-order valence-corrected chi connectivity index (χ0v) is 17.9. The van der Waals surface area contributed by atoms with E-state index in [0.29, 0.717) is 24.7 Å². The lowest BCUT2D eigenvalue weighted by Crippen LogP contribution is -2.40. The largest absolute Gasteiger partial charge is 0.452 e. The number of hydrogen-bond acceptors (Lipinski definition) is 7. The Morgan fingerprint density at radius 2 is 1.93 bits per heavy atom. The number of sulfonamides is 1. The van der Waals surface area contributed by atoms with Crippen molar-refractivity contribution in [1.29, 1.82) is 0 Å². The molecule has 0 spiro atoms. The van der Waals surface area contributed by atoms with E-state index in [1.807, 2.05) is 0 Å². The Balaban J connectivity index is 2.16. The molecule has 0 atom stereocenters. The van der Waals surface area contributed by atoms with Crippen molar-refractivity contribution in [2.75, 3.05) is 52.3 Å². The minimum Gasteiger partial charge on any atom is -0.452 e. The van der Waals surface area contributed by atoms with E-state index in [0.717, 1.165) is 17.1 Å². The maximum absolute atomic E-state index is 12.6. The number of anilines is 1. The van der Waals surface area contributed by atoms with Crippen molar-refractivity contribution in [3.8, 4) is 0 Å². The molecule has 1 aromatic rings. The van der Waals surface area contributed by atoms with Gasteiger partial charge in [-0.3, -0.25) is 4.79 Å². The lowest BCUT2D eigenvalue weighted by atomic mass is 9.99. The highest BCUT2D eigenvalue weighted by Crippen LogP contribution is 2.23. The SMILES string of the molecule is CC1CCN(C(=O)COC(=O)c2cc(S(=O)(=O)N(C)C)ccc2NCCO)CC1. The molecule has 1 heterocycles. The summed E-state index contributed by atoms with van der Waals surface area (Å²) in [5.41, 5.74) is 0.308. The number of benzene rings is 1. The highest BCUT2D eigenvalue weighted by Gasteiger charge is 2.24. The van der Waals surface area contributed by atoms with Crippen LogP contribution in [0.25, 0.3) is 0 Å². The van der Waals surface area contributed by atoms with Crippen LogP contribution in [0.5, 0.6) is 0 Å². The number of aliphatic hydroxyl groups excluding tert-OH is 1. The van der Waals surface area contributed by atoms with Gasteiger partial charge in [-0.1, -0.05) is 6.92 Å². The molecule has 1 aliphatic heterocycles. The third-order valence-corrected chi connectivity index (χ3v) is 6.69. The number of esters is 1. The number of nitrogens with one attached hydrogen (secondary N) is 1. The van der Waals surface area contributed by atoms with Gasteiger partial charge in [0, 0.05) is 39.4 Å². The summed E-state index contributed by atoms with van der Waals surface area (Å²) in [6, 6.07) is 4.02. The van der Waals surface area contributed by atoms with Gasteiger partial charge in [-0.25, -0.2) is 17.5 Å². The van der Waals surface area contributed by atoms with Gasteiger partial charge in [-0.05, 0) is 37.0 Å². The fraction of sp³-hybridized carbons (Fsp3) is 0.579. The average molecular weight is 428 g/mol. The number of hydrogen-bond donors (Lipinski definition) is 2. The minimum absolute atomic E-state index is 0.0126. The lowest BCUT2D eigenvalue weighted by molar-refractivity contribution is -0.135. The zero-order valence-electron chi connectivity index (χ0n) is 17.1. The predicted octanol–water partition coefficient (Wildman–Crippen LogP) is 0.756. The summed E-state index contributed by atoms with van der Waals surface area (Å²) in [7, 11) is -0.966. The van der Waals surface area contributed by atoms with Crippen molar-refractivity contribution in [2.45, 2.75) is 24.7 Å². The van der Waals surface area contributed by atoms with Crippen molar-refractivity contribution in [1.82, 2.24) is 9.21 Å². The van der Waals surface area contributed by atoms with Crippen LogP contribution in [-0.2, 0) is 19.6 Å². The van der Waals surface area contributed by atoms with E-state index in [1.54, 1.807) is 4.90 Å². The molecule has 2 rings (SSSR count). The topological polar surface area (TPSA) is 116 Å². The van der Waals surface area contributed by atoms with Crippen molar-refractivity contribution in [3.05, 3.63) is 23.8 Å². The Bertz CT molecular complexity index is 832. The van der Waals surface area contributed by atoms with E-state index in [1.165, 1.54) is 32.3 Å². The number of likely N-dealkylation sites (tertiary alicyclic amines) is 1. The number of carbonyl (C=O) groups is 2. The van der Waals surface area contributed by atoms with Gasteiger partial charge >= 0.3 is 5.97 Å². The molecule has 0 aromatic heterocycles. The molecule has 1 aromatic carbocycles. The van der Waals surface area contributed by atoms with Gasteiger partial charge in [0.05, 0.1) is 17.1 Å². The van der Waals surface area contributed by atoms with Crippen LogP contribution in [0.4, 0.5) is 5.69 Å². The third-order valence-electron chi connectivity index (χ3n) is 4.88. The molecule has 0 radical (unpaired) electrons. The van der Waals surface area contributed by atoms with E-state index < -0.39 is 22.6 Å². The molecule has 0 unspecified atom stereocenters. The average Bonchev–Trinajstić information content (AvgIpc) is 2.70. The molecule has 1 aliphatic rings. The maximum atomic E-state index is 12.6. The van der Waals surface area contributed by atoms with Crippen LogP contribution < -0.4 is 5.32 Å². The fourth-order valence-corrected chi connectivity index (χ4v) is 3.89. The Morgan fingerprint density at radius 3 is 2.52 bits per heavy atom. The number of piperidine rings is 1. The highest BCUT2D eigenvalue weighted by molar-refractivity contribution is 7.89. The van der Waals surface area contributed by atoms with Gasteiger partial charge in [0.2, 0.25) is 10.0 Å². The van der Waals surface area contributed by atoms with Gasteiger partial charge in [-0.15, -0.1) is 0 Å². The van der Waals surface area contributed by atoms with Gasteiger partial charge in [-0.2, -0.15) is 0 Å². The summed E-state index contributed by atoms with van der Waals surface area (Å²) in [5, 5.41) is 11.9. The van der Waals surface area contributed by atoms with E-state index in [4.69, 9.17) is 9.84 Å². The first kappa shape index (κ1) is 23.1. The van der Waals surface area contributed by atoms with Gasteiger partial charge < -0.3 is 20.1 Å². The second-order valence-electron chi connectivity index (χ2n) is 7.28. The van der Waals surface area contributed by atoms with E-state index in [2.05, 4.69) is 12.2 Å². The Labute approximate surface area is 171 Å². The first-order chi connectivity index (χ1) is 13.7. The molecule has 2 N–H and O–H groups in total. The van der Waals surface area contributed by atoms with Crippen LogP contribution in [0.3, 0.4) is 0 Å². The Morgan fingerprint density at radius 1 is 1.28 bits per heavy atom. The van der Waals surface area contributed by atoms with Crippen molar-refractivity contribution in [3.63, 3.8) is 0 Å². The van der Waals surface area contributed by atoms with Crippen molar-refractivity contribution in [2.24, 2.45) is 5.92 Å². The number of ether oxygens (including phenoxy) is 1. The van der Waals surface area contributed by atoms with E-state index in [-0.39, 0.29) is 29.5 Å². The molecule has 0 saturated carbocycles. The van der Waals surface area contributed by atoms with Crippen LogP contribution in [-0.4, -0.2) is 81.5 Å². The van der Waals surface area contributed by atoms with Gasteiger partial charge in [0.1, 0.15) is 0 Å². The summed E-state index contributed by atoms with van der Waals surface area (Å²) >= 11 is 0. The standard InChI is InChI=1S/C19H29N3O6S/c1-14-6-9-22(10-7-14)18(24)13-28-19(25)16-12-15(29(26,27)21(2)3)4-5-17(16)20-8-11-23/h4-5,12,14,20,23H,6-11,13H2,1-3H3. The fourth-order valence-electron chi connectivity index (χ4n) is 2.96. The first-order valence-electron chi connectivity index (χ1n) is 9.53. The monoisotopic (exact) mass is 427 g/mol. The molecular formula is C19H29N3O6S. The Hall–Kier alpha value is -2.17. The van der Waals surface area contributed by atoms with Crippen LogP contribution >= 0.6 is 0 Å². The maximum Gasteiger partial charge on any atom is 0.340 e. The van der Waals surface area contributed by atoms with Crippen LogP contribution in [0.1, 0.15) is 30.1 Å². The smallest absolute Gasteiger partial charge is 0.340 e.